The number of amides is 2. The highest BCUT2D eigenvalue weighted by Crippen LogP contribution is 2.35. The van der Waals surface area contributed by atoms with E-state index in [-0.39, 0.29) is 28.8 Å². The van der Waals surface area contributed by atoms with Crippen molar-refractivity contribution in [3.8, 4) is 0 Å². The summed E-state index contributed by atoms with van der Waals surface area (Å²) in [6.07, 6.45) is 3.34. The van der Waals surface area contributed by atoms with Crippen LogP contribution in [0.25, 0.3) is 10.9 Å². The van der Waals surface area contributed by atoms with Gasteiger partial charge in [-0.3, -0.25) is 14.6 Å². The summed E-state index contributed by atoms with van der Waals surface area (Å²) in [4.78, 5) is 35.1. The van der Waals surface area contributed by atoms with Crippen molar-refractivity contribution in [2.24, 2.45) is 4.99 Å². The third-order valence-electron chi connectivity index (χ3n) is 5.36. The van der Waals surface area contributed by atoms with E-state index in [0.29, 0.717) is 11.4 Å². The number of benzene rings is 3. The van der Waals surface area contributed by atoms with E-state index in [2.05, 4.69) is 9.98 Å². The van der Waals surface area contributed by atoms with Gasteiger partial charge in [0.05, 0.1) is 21.6 Å². The van der Waals surface area contributed by atoms with Crippen LogP contribution in [0.2, 0.25) is 5.02 Å². The third-order valence-corrected chi connectivity index (χ3v) is 6.89. The fourth-order valence-corrected chi connectivity index (χ4v) is 4.96. The normalized spacial score (nSPS) is 16.4. The number of nitrogens with one attached hydrogen (secondary N) is 1. The summed E-state index contributed by atoms with van der Waals surface area (Å²) in [6, 6.07) is 19.1. The number of thioether (sulfide) groups is 1. The Morgan fingerprint density at radius 1 is 1.09 bits per heavy atom. The number of imide groups is 1. The molecule has 0 aliphatic carbocycles. The molecule has 8 heteroatoms. The summed E-state index contributed by atoms with van der Waals surface area (Å²) >= 11 is 7.36. The number of nitrogens with zero attached hydrogens (tertiary/aromatic N) is 2. The molecule has 1 unspecified atom stereocenters. The first-order valence-corrected chi connectivity index (χ1v) is 11.4. The monoisotopic (exact) mass is 477 g/mol. The molecule has 0 radical (unpaired) electrons. The maximum Gasteiger partial charge on any atom is 0.247 e. The number of hydrogen-bond donors (Lipinski definition) is 1. The Labute approximate surface area is 198 Å². The maximum absolute atomic E-state index is 13.9. The number of carbonyl (C=O) groups excluding carboxylic acids is 2. The molecule has 33 heavy (non-hydrogen) atoms. The predicted octanol–water partition coefficient (Wildman–Crippen LogP) is 6.14. The summed E-state index contributed by atoms with van der Waals surface area (Å²) < 4.78 is 13.9. The molecule has 2 heterocycles. The van der Waals surface area contributed by atoms with Gasteiger partial charge in [0.15, 0.2) is 0 Å². The van der Waals surface area contributed by atoms with Crippen LogP contribution in [0, 0.1) is 5.82 Å². The van der Waals surface area contributed by atoms with Gasteiger partial charge in [-0.1, -0.05) is 23.7 Å². The van der Waals surface area contributed by atoms with Crippen LogP contribution in [0.1, 0.15) is 12.0 Å². The zero-order chi connectivity index (χ0) is 22.9. The second-order valence-corrected chi connectivity index (χ2v) is 9.20. The van der Waals surface area contributed by atoms with Gasteiger partial charge in [-0.15, -0.1) is 11.8 Å². The maximum atomic E-state index is 13.9. The van der Waals surface area contributed by atoms with Gasteiger partial charge in [0.25, 0.3) is 0 Å². The smallest absolute Gasteiger partial charge is 0.247 e. The number of carbonyl (C=O) groups is 2. The first-order chi connectivity index (χ1) is 16.0. The standard InChI is InChI=1S/C25H17ClFN3O2S/c26-20-2-1-3-21(27)19(20)14-29-16-5-8-18(9-6-16)33-23-13-24(31)30(25(23)32)17-7-4-15-10-11-28-22(15)12-17/h1-12,14,23,28H,13H2. The number of aromatic amines is 1. The first kappa shape index (κ1) is 21.4. The summed E-state index contributed by atoms with van der Waals surface area (Å²) in [5.74, 6) is -0.888. The Hall–Kier alpha value is -3.42. The average molecular weight is 478 g/mol. The first-order valence-electron chi connectivity index (χ1n) is 10.2. The molecule has 3 aromatic carbocycles. The van der Waals surface area contributed by atoms with E-state index in [9.17, 15) is 14.0 Å². The van der Waals surface area contributed by atoms with E-state index in [4.69, 9.17) is 11.6 Å². The minimum atomic E-state index is -0.497. The van der Waals surface area contributed by atoms with E-state index in [1.807, 2.05) is 36.5 Å². The molecule has 4 aromatic rings. The highest BCUT2D eigenvalue weighted by atomic mass is 35.5. The number of aliphatic imine (C=N–C) groups is 1. The lowest BCUT2D eigenvalue weighted by Crippen LogP contribution is -2.31. The Morgan fingerprint density at radius 3 is 2.70 bits per heavy atom. The molecule has 1 saturated heterocycles. The van der Waals surface area contributed by atoms with Gasteiger partial charge in [0.2, 0.25) is 11.8 Å². The fourth-order valence-electron chi connectivity index (χ4n) is 3.69. The molecule has 1 aliphatic rings. The van der Waals surface area contributed by atoms with Crippen LogP contribution in [0.3, 0.4) is 0 Å². The fraction of sp³-hybridized carbons (Fsp3) is 0.0800. The summed E-state index contributed by atoms with van der Waals surface area (Å²) in [5.41, 5.74) is 2.29. The van der Waals surface area contributed by atoms with Crippen LogP contribution < -0.4 is 4.90 Å². The van der Waals surface area contributed by atoms with Crippen molar-refractivity contribution in [1.82, 2.24) is 4.98 Å². The van der Waals surface area contributed by atoms with Crippen LogP contribution in [0.15, 0.2) is 82.8 Å². The highest BCUT2D eigenvalue weighted by molar-refractivity contribution is 8.00. The van der Waals surface area contributed by atoms with Crippen LogP contribution in [-0.2, 0) is 9.59 Å². The number of anilines is 1. The van der Waals surface area contributed by atoms with E-state index in [1.54, 1.807) is 24.3 Å². The van der Waals surface area contributed by atoms with Gasteiger partial charge < -0.3 is 4.98 Å². The third kappa shape index (κ3) is 4.29. The molecular formula is C25H17ClFN3O2S. The molecule has 1 aliphatic heterocycles. The van der Waals surface area contributed by atoms with Crippen molar-refractivity contribution in [2.45, 2.75) is 16.6 Å². The lowest BCUT2D eigenvalue weighted by Gasteiger charge is -2.15. The van der Waals surface area contributed by atoms with Crippen molar-refractivity contribution < 1.29 is 14.0 Å². The predicted molar refractivity (Wildman–Crippen MR) is 130 cm³/mol. The largest absolute Gasteiger partial charge is 0.361 e. The van der Waals surface area contributed by atoms with Crippen LogP contribution in [0.5, 0.6) is 0 Å². The summed E-state index contributed by atoms with van der Waals surface area (Å²) in [5, 5.41) is 0.808. The van der Waals surface area contributed by atoms with Gasteiger partial charge >= 0.3 is 0 Å². The van der Waals surface area contributed by atoms with Crippen LogP contribution in [0.4, 0.5) is 15.8 Å². The van der Waals surface area contributed by atoms with Crippen LogP contribution in [-0.4, -0.2) is 28.3 Å². The molecule has 1 aromatic heterocycles. The lowest BCUT2D eigenvalue weighted by atomic mass is 10.2. The Bertz CT molecular complexity index is 1380. The van der Waals surface area contributed by atoms with E-state index < -0.39 is 11.1 Å². The molecule has 0 spiro atoms. The minimum Gasteiger partial charge on any atom is -0.361 e. The number of H-pyrrole nitrogens is 1. The van der Waals surface area contributed by atoms with Gasteiger partial charge in [-0.25, -0.2) is 9.29 Å². The minimum absolute atomic E-state index is 0.137. The van der Waals surface area contributed by atoms with E-state index in [0.717, 1.165) is 15.8 Å². The molecular weight excluding hydrogens is 461 g/mol. The van der Waals surface area contributed by atoms with E-state index in [1.165, 1.54) is 35.0 Å². The van der Waals surface area contributed by atoms with Crippen molar-refractivity contribution >= 4 is 63.7 Å². The van der Waals surface area contributed by atoms with Gasteiger partial charge in [-0.05, 0) is 60.0 Å². The van der Waals surface area contributed by atoms with Crippen molar-refractivity contribution in [2.75, 3.05) is 4.90 Å². The molecule has 5 nitrogen and oxygen atoms in total. The molecule has 1 N–H and O–H groups in total. The van der Waals surface area contributed by atoms with Gasteiger partial charge in [0, 0.05) is 34.8 Å². The zero-order valence-corrected chi connectivity index (χ0v) is 18.7. The molecule has 2 amide bonds. The van der Waals surface area contributed by atoms with Crippen LogP contribution >= 0.6 is 23.4 Å². The second-order valence-electron chi connectivity index (χ2n) is 7.51. The average Bonchev–Trinajstić information content (AvgIpc) is 3.38. The number of rotatable bonds is 5. The number of hydrogen-bond acceptors (Lipinski definition) is 4. The Kier molecular flexibility index (Phi) is 5.74. The van der Waals surface area contributed by atoms with Crippen molar-refractivity contribution in [3.63, 3.8) is 0 Å². The number of aromatic nitrogens is 1. The van der Waals surface area contributed by atoms with Crippen molar-refractivity contribution in [1.29, 1.82) is 0 Å². The van der Waals surface area contributed by atoms with E-state index >= 15 is 0 Å². The summed E-state index contributed by atoms with van der Waals surface area (Å²) in [7, 11) is 0. The summed E-state index contributed by atoms with van der Waals surface area (Å²) in [6.45, 7) is 0. The topological polar surface area (TPSA) is 65.5 Å². The second kappa shape index (κ2) is 8.84. The molecule has 0 bridgehead atoms. The highest BCUT2D eigenvalue weighted by Gasteiger charge is 2.40. The lowest BCUT2D eigenvalue weighted by molar-refractivity contribution is -0.121. The molecule has 164 valence electrons. The van der Waals surface area contributed by atoms with Gasteiger partial charge in [-0.2, -0.15) is 0 Å². The van der Waals surface area contributed by atoms with Gasteiger partial charge in [0.1, 0.15) is 5.82 Å². The number of halogens is 2. The molecule has 1 atom stereocenters. The molecule has 1 fully saturated rings. The Morgan fingerprint density at radius 2 is 1.91 bits per heavy atom. The number of fused-ring (bicyclic) bond motifs is 1. The SMILES string of the molecule is O=C1CC(Sc2ccc(N=Cc3c(F)cccc3Cl)cc2)C(=O)N1c1ccc2cc[nH]c2c1. The molecule has 5 rings (SSSR count). The molecule has 0 saturated carbocycles. The van der Waals surface area contributed by atoms with Crippen molar-refractivity contribution in [3.05, 3.63) is 89.3 Å². The Balaban J connectivity index is 1.29. The zero-order valence-electron chi connectivity index (χ0n) is 17.2. The quantitative estimate of drug-likeness (QED) is 0.277.